The van der Waals surface area contributed by atoms with Crippen LogP contribution >= 0.6 is 15.9 Å². The number of nitrogens with one attached hydrogen (secondary N) is 1. The summed E-state index contributed by atoms with van der Waals surface area (Å²) in [6, 6.07) is 5.47. The molecule has 1 aromatic rings. The molecule has 0 radical (unpaired) electrons. The maximum absolute atomic E-state index is 13.1. The summed E-state index contributed by atoms with van der Waals surface area (Å²) in [5.41, 5.74) is 0.170. The van der Waals surface area contributed by atoms with Gasteiger partial charge in [0.05, 0.1) is 16.9 Å². The highest BCUT2D eigenvalue weighted by Gasteiger charge is 2.32. The Balaban J connectivity index is 2.14. The Bertz CT molecular complexity index is 667. The van der Waals surface area contributed by atoms with Crippen LogP contribution in [0.15, 0.2) is 35.0 Å². The molecule has 1 N–H and O–H groups in total. The van der Waals surface area contributed by atoms with Crippen molar-refractivity contribution in [2.45, 2.75) is 51.4 Å². The van der Waals surface area contributed by atoms with E-state index >= 15 is 0 Å². The molecule has 1 aliphatic rings. The van der Waals surface area contributed by atoms with Crippen molar-refractivity contribution in [3.8, 4) is 0 Å². The summed E-state index contributed by atoms with van der Waals surface area (Å²) in [6.45, 7) is 5.30. The zero-order valence-electron chi connectivity index (χ0n) is 14.3. The normalized spacial score (nSPS) is 18.8. The standard InChI is InChI=1S/C18H21BrFNO4/c1-18(2,3)25-17(23)21-14(8-11-4-6-12(20)7-5-11)16-9-15(22)13(19)10-24-16/h4-7,10,14,16H,8-9H2,1-3H3,(H,21,23)/t14-,16-/m1/s1. The molecule has 5 nitrogen and oxygen atoms in total. The average Bonchev–Trinajstić information content (AvgIpc) is 2.49. The van der Waals surface area contributed by atoms with Gasteiger partial charge in [-0.3, -0.25) is 4.79 Å². The number of hydrogen-bond donors (Lipinski definition) is 1. The van der Waals surface area contributed by atoms with Crippen LogP contribution in [0.2, 0.25) is 0 Å². The van der Waals surface area contributed by atoms with Gasteiger partial charge in [0.1, 0.15) is 23.8 Å². The predicted molar refractivity (Wildman–Crippen MR) is 94.8 cm³/mol. The fraction of sp³-hybridized carbons (Fsp3) is 0.444. The fourth-order valence-corrected chi connectivity index (χ4v) is 2.66. The molecule has 7 heteroatoms. The van der Waals surface area contributed by atoms with Gasteiger partial charge >= 0.3 is 6.09 Å². The van der Waals surface area contributed by atoms with E-state index in [4.69, 9.17) is 9.47 Å². The molecular formula is C18H21BrFNO4. The predicted octanol–water partition coefficient (Wildman–Crippen LogP) is 3.86. The number of amides is 1. The summed E-state index contributed by atoms with van der Waals surface area (Å²) in [6.07, 6.45) is 0.711. The van der Waals surface area contributed by atoms with Crippen LogP contribution in [-0.2, 0) is 20.7 Å². The second-order valence-electron chi connectivity index (χ2n) is 6.85. The third-order valence-electron chi connectivity index (χ3n) is 3.52. The Hall–Kier alpha value is -1.89. The molecule has 0 aliphatic carbocycles. The van der Waals surface area contributed by atoms with E-state index in [0.29, 0.717) is 10.9 Å². The van der Waals surface area contributed by atoms with E-state index in [-0.39, 0.29) is 18.0 Å². The van der Waals surface area contributed by atoms with Crippen molar-refractivity contribution in [2.75, 3.05) is 0 Å². The van der Waals surface area contributed by atoms with Crippen LogP contribution in [0, 0.1) is 5.82 Å². The van der Waals surface area contributed by atoms with Crippen molar-refractivity contribution < 1.29 is 23.5 Å². The maximum Gasteiger partial charge on any atom is 0.408 e. The minimum atomic E-state index is -0.642. The van der Waals surface area contributed by atoms with Crippen molar-refractivity contribution in [1.82, 2.24) is 5.32 Å². The van der Waals surface area contributed by atoms with E-state index in [2.05, 4.69) is 21.2 Å². The number of ketones is 1. The second kappa shape index (κ2) is 7.99. The average molecular weight is 414 g/mol. The summed E-state index contributed by atoms with van der Waals surface area (Å²) in [5.74, 6) is -0.442. The van der Waals surface area contributed by atoms with Crippen LogP contribution in [0.4, 0.5) is 9.18 Å². The monoisotopic (exact) mass is 413 g/mol. The van der Waals surface area contributed by atoms with E-state index < -0.39 is 23.8 Å². The molecule has 0 aromatic heterocycles. The lowest BCUT2D eigenvalue weighted by atomic mass is 9.97. The molecule has 1 aromatic carbocycles. The molecule has 0 bridgehead atoms. The first-order chi connectivity index (χ1) is 11.6. The Kier molecular flexibility index (Phi) is 6.21. The van der Waals surface area contributed by atoms with Crippen LogP contribution in [0.1, 0.15) is 32.8 Å². The highest BCUT2D eigenvalue weighted by Crippen LogP contribution is 2.23. The number of carbonyl (C=O) groups excluding carboxylic acids is 2. The van der Waals surface area contributed by atoms with Crippen LogP contribution < -0.4 is 5.32 Å². The second-order valence-corrected chi connectivity index (χ2v) is 7.71. The first kappa shape index (κ1) is 19.4. The van der Waals surface area contributed by atoms with Crippen molar-refractivity contribution in [2.24, 2.45) is 0 Å². The molecule has 1 heterocycles. The van der Waals surface area contributed by atoms with Crippen molar-refractivity contribution >= 4 is 27.8 Å². The summed E-state index contributed by atoms with van der Waals surface area (Å²) in [4.78, 5) is 24.1. The van der Waals surface area contributed by atoms with Crippen LogP contribution in [0.25, 0.3) is 0 Å². The molecule has 25 heavy (non-hydrogen) atoms. The van der Waals surface area contributed by atoms with Crippen LogP contribution in [0.3, 0.4) is 0 Å². The van der Waals surface area contributed by atoms with Crippen LogP contribution in [0.5, 0.6) is 0 Å². The van der Waals surface area contributed by atoms with Gasteiger partial charge in [0.25, 0.3) is 0 Å². The highest BCUT2D eigenvalue weighted by atomic mass is 79.9. The third-order valence-corrected chi connectivity index (χ3v) is 4.15. The Morgan fingerprint density at radius 2 is 2.04 bits per heavy atom. The van der Waals surface area contributed by atoms with Gasteiger partial charge in [-0.2, -0.15) is 0 Å². The molecule has 0 spiro atoms. The summed E-state index contributed by atoms with van der Waals surface area (Å²) in [5, 5.41) is 2.77. The number of allylic oxidation sites excluding steroid dienone is 1. The van der Waals surface area contributed by atoms with Crippen molar-refractivity contribution in [3.05, 3.63) is 46.4 Å². The molecule has 2 rings (SSSR count). The number of benzene rings is 1. The number of hydrogen-bond acceptors (Lipinski definition) is 4. The van der Waals surface area contributed by atoms with Gasteiger partial charge in [-0.05, 0) is 60.8 Å². The van der Waals surface area contributed by atoms with Gasteiger partial charge in [0.15, 0.2) is 5.78 Å². The quantitative estimate of drug-likeness (QED) is 0.813. The number of ether oxygens (including phenoxy) is 2. The number of rotatable bonds is 4. The first-order valence-corrected chi connectivity index (χ1v) is 8.71. The van der Waals surface area contributed by atoms with Crippen molar-refractivity contribution in [1.29, 1.82) is 0 Å². The molecule has 1 amide bonds. The van der Waals surface area contributed by atoms with Gasteiger partial charge in [0.2, 0.25) is 0 Å². The molecule has 0 unspecified atom stereocenters. The lowest BCUT2D eigenvalue weighted by molar-refractivity contribution is -0.118. The largest absolute Gasteiger partial charge is 0.494 e. The SMILES string of the molecule is CC(C)(C)OC(=O)N[C@H](Cc1ccc(F)cc1)[C@H]1CC(=O)C(Br)=CO1. The number of carbonyl (C=O) groups is 2. The van der Waals surface area contributed by atoms with Gasteiger partial charge in [0, 0.05) is 0 Å². The lowest BCUT2D eigenvalue weighted by Gasteiger charge is -2.30. The minimum Gasteiger partial charge on any atom is -0.494 e. The molecule has 0 fully saturated rings. The van der Waals surface area contributed by atoms with E-state index in [1.165, 1.54) is 18.4 Å². The van der Waals surface area contributed by atoms with Gasteiger partial charge in [-0.1, -0.05) is 12.1 Å². The van der Waals surface area contributed by atoms with E-state index in [0.717, 1.165) is 5.56 Å². The fourth-order valence-electron chi connectivity index (χ4n) is 2.39. The Morgan fingerprint density at radius 1 is 1.40 bits per heavy atom. The van der Waals surface area contributed by atoms with E-state index in [1.54, 1.807) is 32.9 Å². The Labute approximate surface area is 154 Å². The number of Topliss-reactive ketones (excluding diaryl/α,β-unsaturated/α-hetero) is 1. The number of alkyl carbamates (subject to hydrolysis) is 1. The van der Waals surface area contributed by atoms with Crippen molar-refractivity contribution in [3.63, 3.8) is 0 Å². The van der Waals surface area contributed by atoms with Gasteiger partial charge < -0.3 is 14.8 Å². The zero-order chi connectivity index (χ0) is 18.6. The minimum absolute atomic E-state index is 0.105. The third kappa shape index (κ3) is 6.16. The molecule has 1 aliphatic heterocycles. The van der Waals surface area contributed by atoms with Gasteiger partial charge in [-0.15, -0.1) is 0 Å². The first-order valence-electron chi connectivity index (χ1n) is 7.92. The molecular weight excluding hydrogens is 393 g/mol. The summed E-state index contributed by atoms with van der Waals surface area (Å²) < 4.78 is 24.3. The molecule has 0 saturated heterocycles. The summed E-state index contributed by atoms with van der Waals surface area (Å²) >= 11 is 3.13. The lowest BCUT2D eigenvalue weighted by Crippen LogP contribution is -2.48. The van der Waals surface area contributed by atoms with Gasteiger partial charge in [-0.25, -0.2) is 9.18 Å². The molecule has 2 atom stereocenters. The highest BCUT2D eigenvalue weighted by molar-refractivity contribution is 9.12. The number of halogens is 2. The smallest absolute Gasteiger partial charge is 0.408 e. The molecule has 136 valence electrons. The van der Waals surface area contributed by atoms with Crippen LogP contribution in [-0.4, -0.2) is 29.6 Å². The zero-order valence-corrected chi connectivity index (χ0v) is 15.9. The van der Waals surface area contributed by atoms with E-state index in [1.807, 2.05) is 0 Å². The summed E-state index contributed by atoms with van der Waals surface area (Å²) in [7, 11) is 0. The topological polar surface area (TPSA) is 64.6 Å². The maximum atomic E-state index is 13.1. The Morgan fingerprint density at radius 3 is 2.60 bits per heavy atom. The van der Waals surface area contributed by atoms with E-state index in [9.17, 15) is 14.0 Å². The molecule has 0 saturated carbocycles.